The molecule has 5 aromatic rings. The Hall–Kier alpha value is -4.10. The van der Waals surface area contributed by atoms with Gasteiger partial charge in [-0.3, -0.25) is 9.36 Å². The number of thioether (sulfide) groups is 1. The number of carbonyl (C=O) groups is 1. The molecule has 6 nitrogen and oxygen atoms in total. The summed E-state index contributed by atoms with van der Waals surface area (Å²) in [6.45, 7) is 0.509. The monoisotopic (exact) mass is 465 g/mol. The third kappa shape index (κ3) is 4.94. The van der Waals surface area contributed by atoms with E-state index in [1.54, 1.807) is 0 Å². The Kier molecular flexibility index (Phi) is 6.54. The first-order valence-electron chi connectivity index (χ1n) is 11.0. The number of nitrogens with one attached hydrogen (secondary N) is 2. The number of amides is 1. The van der Waals surface area contributed by atoms with Crippen molar-refractivity contribution >= 4 is 39.8 Å². The molecule has 168 valence electrons. The fraction of sp³-hybridized carbons (Fsp3) is 0.0741. The van der Waals surface area contributed by atoms with E-state index < -0.39 is 0 Å². The molecule has 4 aromatic carbocycles. The number of fused-ring (bicyclic) bond motifs is 1. The minimum Gasteiger partial charge on any atom is -0.378 e. The maximum Gasteiger partial charge on any atom is 0.234 e. The van der Waals surface area contributed by atoms with Crippen molar-refractivity contribution in [1.29, 1.82) is 0 Å². The fourth-order valence-electron chi connectivity index (χ4n) is 3.73. The lowest BCUT2D eigenvalue weighted by Gasteiger charge is -2.12. The summed E-state index contributed by atoms with van der Waals surface area (Å²) in [7, 11) is 0. The number of rotatable bonds is 8. The van der Waals surface area contributed by atoms with E-state index in [1.165, 1.54) is 11.8 Å². The SMILES string of the molecule is O=C(CSc1nnc(CNc2ccccc2)n1-c1ccccc1)Nc1cccc2ccccc12. The Bertz CT molecular complexity index is 1400. The van der Waals surface area contributed by atoms with Crippen LogP contribution in [0.5, 0.6) is 0 Å². The van der Waals surface area contributed by atoms with Gasteiger partial charge in [-0.1, -0.05) is 84.6 Å². The second-order valence-electron chi connectivity index (χ2n) is 7.65. The molecule has 0 aliphatic heterocycles. The maximum absolute atomic E-state index is 12.8. The van der Waals surface area contributed by atoms with Crippen LogP contribution in [0.15, 0.2) is 108 Å². The molecule has 1 aromatic heterocycles. The van der Waals surface area contributed by atoms with E-state index in [0.29, 0.717) is 11.7 Å². The lowest BCUT2D eigenvalue weighted by Crippen LogP contribution is -2.15. The van der Waals surface area contributed by atoms with Crippen molar-refractivity contribution in [3.63, 3.8) is 0 Å². The molecule has 0 bridgehead atoms. The second-order valence-corrected chi connectivity index (χ2v) is 8.60. The summed E-state index contributed by atoms with van der Waals surface area (Å²) in [6.07, 6.45) is 0. The van der Waals surface area contributed by atoms with Gasteiger partial charge in [0.05, 0.1) is 12.3 Å². The van der Waals surface area contributed by atoms with Crippen molar-refractivity contribution in [2.75, 3.05) is 16.4 Å². The predicted octanol–water partition coefficient (Wildman–Crippen LogP) is 5.76. The molecule has 0 saturated carbocycles. The molecule has 0 spiro atoms. The predicted molar refractivity (Wildman–Crippen MR) is 138 cm³/mol. The quantitative estimate of drug-likeness (QED) is 0.285. The minimum atomic E-state index is -0.0899. The average molecular weight is 466 g/mol. The topological polar surface area (TPSA) is 71.8 Å². The van der Waals surface area contributed by atoms with Crippen LogP contribution < -0.4 is 10.6 Å². The Morgan fingerprint density at radius 3 is 2.32 bits per heavy atom. The number of hydrogen-bond donors (Lipinski definition) is 2. The summed E-state index contributed by atoms with van der Waals surface area (Å²) in [5.74, 6) is 0.903. The van der Waals surface area contributed by atoms with Crippen LogP contribution in [-0.2, 0) is 11.3 Å². The number of carbonyl (C=O) groups excluding carboxylic acids is 1. The van der Waals surface area contributed by atoms with Gasteiger partial charge >= 0.3 is 0 Å². The van der Waals surface area contributed by atoms with E-state index in [9.17, 15) is 4.79 Å². The molecule has 0 aliphatic carbocycles. The van der Waals surface area contributed by atoms with Crippen LogP contribution in [0.3, 0.4) is 0 Å². The molecule has 0 atom stereocenters. The highest BCUT2D eigenvalue weighted by Gasteiger charge is 2.16. The zero-order valence-corrected chi connectivity index (χ0v) is 19.2. The zero-order chi connectivity index (χ0) is 23.2. The van der Waals surface area contributed by atoms with Crippen molar-refractivity contribution in [3.8, 4) is 5.69 Å². The maximum atomic E-state index is 12.8. The van der Waals surface area contributed by atoms with Crippen molar-refractivity contribution in [2.24, 2.45) is 0 Å². The van der Waals surface area contributed by atoms with Crippen molar-refractivity contribution in [2.45, 2.75) is 11.7 Å². The van der Waals surface area contributed by atoms with Crippen molar-refractivity contribution in [3.05, 3.63) is 109 Å². The molecule has 0 fully saturated rings. The van der Waals surface area contributed by atoms with Gasteiger partial charge in [0.25, 0.3) is 0 Å². The minimum absolute atomic E-state index is 0.0899. The summed E-state index contributed by atoms with van der Waals surface area (Å²) >= 11 is 1.37. The number of anilines is 2. The standard InChI is InChI=1S/C27H23N5OS/c33-26(29-24-17-9-11-20-10-7-8-16-23(20)24)19-34-27-31-30-25(18-28-21-12-3-1-4-13-21)32(27)22-14-5-2-6-15-22/h1-17,28H,18-19H2,(H,29,33). The van der Waals surface area contributed by atoms with E-state index in [-0.39, 0.29) is 11.7 Å². The molecule has 0 aliphatic rings. The number of nitrogens with zero attached hydrogens (tertiary/aromatic N) is 3. The van der Waals surface area contributed by atoms with Crippen LogP contribution in [0, 0.1) is 0 Å². The summed E-state index contributed by atoms with van der Waals surface area (Å²) in [6, 6.07) is 33.8. The van der Waals surface area contributed by atoms with Crippen molar-refractivity contribution in [1.82, 2.24) is 14.8 Å². The third-order valence-corrected chi connectivity index (χ3v) is 6.26. The first-order valence-corrected chi connectivity index (χ1v) is 12.0. The molecule has 34 heavy (non-hydrogen) atoms. The Labute approximate surface area is 202 Å². The van der Waals surface area contributed by atoms with E-state index >= 15 is 0 Å². The van der Waals surface area contributed by atoms with Crippen molar-refractivity contribution < 1.29 is 4.79 Å². The molecule has 1 heterocycles. The Balaban J connectivity index is 1.33. The van der Waals surface area contributed by atoms with Gasteiger partial charge < -0.3 is 10.6 Å². The van der Waals surface area contributed by atoms with Gasteiger partial charge in [-0.05, 0) is 35.7 Å². The van der Waals surface area contributed by atoms with Gasteiger partial charge in [0.15, 0.2) is 11.0 Å². The Morgan fingerprint density at radius 2 is 1.50 bits per heavy atom. The van der Waals surface area contributed by atoms with Gasteiger partial charge in [-0.25, -0.2) is 0 Å². The van der Waals surface area contributed by atoms with Crippen LogP contribution in [-0.4, -0.2) is 26.4 Å². The van der Waals surface area contributed by atoms with E-state index in [1.807, 2.05) is 108 Å². The highest BCUT2D eigenvalue weighted by atomic mass is 32.2. The van der Waals surface area contributed by atoms with Crippen LogP contribution in [0.25, 0.3) is 16.5 Å². The molecule has 5 rings (SSSR count). The van der Waals surface area contributed by atoms with E-state index in [4.69, 9.17) is 0 Å². The summed E-state index contributed by atoms with van der Waals surface area (Å²) in [4.78, 5) is 12.8. The molecule has 1 amide bonds. The lowest BCUT2D eigenvalue weighted by molar-refractivity contribution is -0.113. The van der Waals surface area contributed by atoms with Gasteiger partial charge in [-0.15, -0.1) is 10.2 Å². The highest BCUT2D eigenvalue weighted by molar-refractivity contribution is 7.99. The zero-order valence-electron chi connectivity index (χ0n) is 18.4. The molecule has 0 saturated heterocycles. The largest absolute Gasteiger partial charge is 0.378 e. The van der Waals surface area contributed by atoms with Crippen LogP contribution in [0.2, 0.25) is 0 Å². The number of hydrogen-bond acceptors (Lipinski definition) is 5. The summed E-state index contributed by atoms with van der Waals surface area (Å²) in [5, 5.41) is 18.0. The number of aromatic nitrogens is 3. The first kappa shape index (κ1) is 21.7. The average Bonchev–Trinajstić information content (AvgIpc) is 3.30. The van der Waals surface area contributed by atoms with Gasteiger partial charge in [-0.2, -0.15) is 0 Å². The summed E-state index contributed by atoms with van der Waals surface area (Å²) in [5.41, 5.74) is 2.77. The normalized spacial score (nSPS) is 10.8. The first-order chi connectivity index (χ1) is 16.8. The molecule has 7 heteroatoms. The number of benzene rings is 4. The smallest absolute Gasteiger partial charge is 0.234 e. The molecular weight excluding hydrogens is 442 g/mol. The number of para-hydroxylation sites is 2. The molecule has 0 unspecified atom stereocenters. The van der Waals surface area contributed by atoms with Gasteiger partial charge in [0, 0.05) is 22.4 Å². The second kappa shape index (κ2) is 10.2. The fourth-order valence-corrected chi connectivity index (χ4v) is 4.50. The molecule has 2 N–H and O–H groups in total. The van der Waals surface area contributed by atoms with Crippen LogP contribution >= 0.6 is 11.8 Å². The summed E-state index contributed by atoms with van der Waals surface area (Å²) < 4.78 is 1.99. The lowest BCUT2D eigenvalue weighted by atomic mass is 10.1. The van der Waals surface area contributed by atoms with Gasteiger partial charge in [0.1, 0.15) is 0 Å². The third-order valence-electron chi connectivity index (χ3n) is 5.34. The molecule has 0 radical (unpaired) electrons. The molecular formula is C27H23N5OS. The van der Waals surface area contributed by atoms with Crippen LogP contribution in [0.4, 0.5) is 11.4 Å². The Morgan fingerprint density at radius 1 is 0.794 bits per heavy atom. The highest BCUT2D eigenvalue weighted by Crippen LogP contribution is 2.25. The van der Waals surface area contributed by atoms with Crippen LogP contribution in [0.1, 0.15) is 5.82 Å². The van der Waals surface area contributed by atoms with Gasteiger partial charge in [0.2, 0.25) is 5.91 Å². The van der Waals surface area contributed by atoms with E-state index in [2.05, 4.69) is 20.8 Å². The van der Waals surface area contributed by atoms with E-state index in [0.717, 1.165) is 33.7 Å².